The van der Waals surface area contributed by atoms with Crippen LogP contribution in [0.1, 0.15) is 61.8 Å². The number of rotatable bonds is 4. The Bertz CT molecular complexity index is 230. The van der Waals surface area contributed by atoms with E-state index in [4.69, 9.17) is 51.1 Å². The monoisotopic (exact) mass is 514 g/mol. The van der Waals surface area contributed by atoms with E-state index in [1.54, 1.807) is 55.4 Å². The second-order valence-corrected chi connectivity index (χ2v) is 4.12. The van der Waals surface area contributed by atoms with Crippen molar-refractivity contribution >= 4 is 5.97 Å². The Morgan fingerprint density at radius 3 is 0.824 bits per heavy atom. The molecule has 0 amide bonds. The van der Waals surface area contributed by atoms with Gasteiger partial charge in [0, 0.05) is 59.5 Å². The zero-order valence-corrected chi connectivity index (χ0v) is 22.9. The lowest BCUT2D eigenvalue weighted by molar-refractivity contribution is -0.136. The molecular weight excluding hydrogens is 456 g/mol. The minimum atomic E-state index is -1.11. The van der Waals surface area contributed by atoms with Crippen LogP contribution in [0.25, 0.3) is 0 Å². The molecule has 0 spiro atoms. The highest BCUT2D eigenvalue weighted by atomic mass is 16.5. The van der Waals surface area contributed by atoms with E-state index >= 15 is 0 Å². The van der Waals surface area contributed by atoms with E-state index in [2.05, 4.69) is 4.74 Å². The minimum Gasteiger partial charge on any atom is -0.490 e. The molecule has 218 valence electrons. The van der Waals surface area contributed by atoms with E-state index in [1.807, 2.05) is 0 Å². The molecule has 0 aliphatic rings. The summed E-state index contributed by atoms with van der Waals surface area (Å²) < 4.78 is 4.46. The van der Waals surface area contributed by atoms with Crippen LogP contribution < -0.4 is 0 Å². The topological polar surface area (TPSA) is 229 Å². The van der Waals surface area contributed by atoms with E-state index in [1.165, 1.54) is 13.2 Å². The lowest BCUT2D eigenvalue weighted by atomic mass is 10.3. The van der Waals surface area contributed by atoms with Crippen molar-refractivity contribution in [1.29, 1.82) is 0 Å². The number of hydrogen-bond donors (Lipinski definition) is 10. The molecule has 0 rings (SSSR count). The summed E-state index contributed by atoms with van der Waals surface area (Å²) >= 11 is 0. The van der Waals surface area contributed by atoms with Gasteiger partial charge >= 0.3 is 5.97 Å². The summed E-state index contributed by atoms with van der Waals surface area (Å²) in [5.41, 5.74) is 0. The van der Waals surface area contributed by atoms with Crippen LogP contribution >= 0.6 is 0 Å². The Morgan fingerprint density at radius 1 is 0.559 bits per heavy atom. The van der Waals surface area contributed by atoms with E-state index in [9.17, 15) is 4.79 Å². The summed E-state index contributed by atoms with van der Waals surface area (Å²) in [7, 11) is 1.28. The molecule has 0 aromatic carbocycles. The van der Waals surface area contributed by atoms with Crippen molar-refractivity contribution in [1.82, 2.24) is 0 Å². The summed E-state index contributed by atoms with van der Waals surface area (Å²) in [6.45, 7) is 15.4. The highest BCUT2D eigenvalue weighted by Gasteiger charge is 2.03. The van der Waals surface area contributed by atoms with Gasteiger partial charge in [-0.2, -0.15) is 0 Å². The first-order valence-electron chi connectivity index (χ1n) is 11.0. The lowest BCUT2D eigenvalue weighted by Crippen LogP contribution is -2.02. The largest absolute Gasteiger partial charge is 0.490 e. The molecule has 0 saturated carbocycles. The lowest BCUT2D eigenvalue weighted by Gasteiger charge is -1.97. The van der Waals surface area contributed by atoms with Crippen LogP contribution in [-0.4, -0.2) is 124 Å². The summed E-state index contributed by atoms with van der Waals surface area (Å²) in [5, 5.41) is 77.2. The number of carboxylic acids is 1. The maximum Gasteiger partial charge on any atom is 0.370 e. The molecule has 0 unspecified atom stereocenters. The third kappa shape index (κ3) is 360. The van der Waals surface area contributed by atoms with Gasteiger partial charge in [0.2, 0.25) is 0 Å². The van der Waals surface area contributed by atoms with E-state index in [0.29, 0.717) is 6.42 Å². The third-order valence-corrected chi connectivity index (χ3v) is 0.890. The molecule has 10 N–H and O–H groups in total. The molecule has 0 bridgehead atoms. The van der Waals surface area contributed by atoms with Crippen LogP contribution in [0, 0.1) is 0 Å². The van der Waals surface area contributed by atoms with Gasteiger partial charge in [-0.05, 0) is 67.9 Å². The van der Waals surface area contributed by atoms with Gasteiger partial charge in [-0.15, -0.1) is 0 Å². The number of aliphatic hydroxyl groups is 9. The third-order valence-electron chi connectivity index (χ3n) is 0.890. The van der Waals surface area contributed by atoms with Gasteiger partial charge in [0.25, 0.3) is 0 Å². The zero-order chi connectivity index (χ0) is 29.6. The summed E-state index contributed by atoms with van der Waals surface area (Å²) in [4.78, 5) is 10.2. The van der Waals surface area contributed by atoms with Gasteiger partial charge in [0.15, 0.2) is 5.76 Å². The van der Waals surface area contributed by atoms with E-state index in [-0.39, 0.29) is 65.2 Å². The molecule has 0 radical (unpaired) electrons. The van der Waals surface area contributed by atoms with E-state index < -0.39 is 5.97 Å². The second-order valence-electron chi connectivity index (χ2n) is 4.12. The maximum atomic E-state index is 10.2. The molecule has 0 atom stereocenters. The average Bonchev–Trinajstić information content (AvgIpc) is 2.73. The average molecular weight is 515 g/mol. The number of aliphatic carboxylic acids is 1. The first-order chi connectivity index (χ1) is 16.0. The number of carboxylic acid groups (broad SMARTS) is 1. The van der Waals surface area contributed by atoms with Gasteiger partial charge in [0.1, 0.15) is 0 Å². The van der Waals surface area contributed by atoms with Crippen LogP contribution in [0.3, 0.4) is 0 Å². The maximum absolute atomic E-state index is 10.2. The summed E-state index contributed by atoms with van der Waals surface area (Å²) in [6, 6.07) is 0. The molecule has 0 aromatic rings. The Morgan fingerprint density at radius 2 is 0.735 bits per heavy atom. The first-order valence-corrected chi connectivity index (χ1v) is 11.0. The number of aliphatic hydroxyl groups excluding tert-OH is 9. The Labute approximate surface area is 207 Å². The van der Waals surface area contributed by atoms with Crippen LogP contribution in [0.5, 0.6) is 0 Å². The highest BCUT2D eigenvalue weighted by Crippen LogP contribution is 1.96. The molecule has 0 aromatic heterocycles. The highest BCUT2D eigenvalue weighted by molar-refractivity contribution is 5.84. The molecular formula is C22H58O12. The fraction of sp³-hybridized carbons (Fsp3) is 0.864. The van der Waals surface area contributed by atoms with E-state index in [0.717, 1.165) is 0 Å². The van der Waals surface area contributed by atoms with Crippen molar-refractivity contribution in [3.05, 3.63) is 11.8 Å². The van der Waals surface area contributed by atoms with Gasteiger partial charge in [0.05, 0.1) is 7.11 Å². The smallest absolute Gasteiger partial charge is 0.370 e. The molecule has 0 fully saturated rings. The number of carbonyl (C=O) groups is 1. The predicted octanol–water partition coefficient (Wildman–Crippen LogP) is -0.0275. The van der Waals surface area contributed by atoms with Gasteiger partial charge in [-0.1, -0.05) is 0 Å². The molecule has 0 saturated heterocycles. The first kappa shape index (κ1) is 58.5. The quantitative estimate of drug-likeness (QED) is 0.176. The molecule has 0 aliphatic heterocycles. The van der Waals surface area contributed by atoms with Crippen molar-refractivity contribution in [2.24, 2.45) is 0 Å². The van der Waals surface area contributed by atoms with Gasteiger partial charge < -0.3 is 55.8 Å². The van der Waals surface area contributed by atoms with Crippen molar-refractivity contribution in [3.63, 3.8) is 0 Å². The Balaban J connectivity index is -0.0000000318. The zero-order valence-electron chi connectivity index (χ0n) is 22.9. The fourth-order valence-electron chi connectivity index (χ4n) is 0.454. The predicted molar refractivity (Wildman–Crippen MR) is 137 cm³/mol. The van der Waals surface area contributed by atoms with Crippen LogP contribution in [-0.2, 0) is 9.53 Å². The number of ether oxygens (including phenoxy) is 1. The molecule has 12 nitrogen and oxygen atoms in total. The number of methoxy groups -OCH3 is 1. The molecule has 12 heteroatoms. The van der Waals surface area contributed by atoms with Crippen molar-refractivity contribution < 1.29 is 60.6 Å². The van der Waals surface area contributed by atoms with Gasteiger partial charge in [-0.3, -0.25) is 0 Å². The van der Waals surface area contributed by atoms with Crippen molar-refractivity contribution in [2.75, 3.05) is 66.6 Å². The molecule has 0 aliphatic carbocycles. The minimum absolute atomic E-state index is 0.0693. The van der Waals surface area contributed by atoms with Crippen LogP contribution in [0.2, 0.25) is 0 Å². The second kappa shape index (κ2) is 107. The van der Waals surface area contributed by atoms with Crippen molar-refractivity contribution in [3.8, 4) is 0 Å². The fourth-order valence-corrected chi connectivity index (χ4v) is 0.454. The van der Waals surface area contributed by atoms with Gasteiger partial charge in [-0.25, -0.2) is 4.79 Å². The standard InChI is InChI=1S/C6H10O4.8C2H6O/c1-10-5(6(8)9)3-2-4-7;8*1-2-3/h3,7H,2,4H2,1H3,(H,8,9);8*3H,2H2,1H3. The molecule has 34 heavy (non-hydrogen) atoms. The Kier molecular flexibility index (Phi) is 184. The molecule has 0 heterocycles. The number of hydrogen-bond acceptors (Lipinski definition) is 11. The van der Waals surface area contributed by atoms with Crippen LogP contribution in [0.4, 0.5) is 0 Å². The summed E-state index contributed by atoms with van der Waals surface area (Å²) in [6.07, 6.45) is 1.62. The summed E-state index contributed by atoms with van der Waals surface area (Å²) in [5.74, 6) is -1.25. The van der Waals surface area contributed by atoms with Crippen molar-refractivity contribution in [2.45, 2.75) is 61.8 Å². The Hall–Kier alpha value is -1.35. The SMILES string of the molecule is CCO.CCO.CCO.CCO.CCO.CCO.CCO.CCO.COC(=CCCO)C(=O)O. The normalized spacial score (nSPS) is 7.53. The van der Waals surface area contributed by atoms with Crippen LogP contribution in [0.15, 0.2) is 11.8 Å².